The summed E-state index contributed by atoms with van der Waals surface area (Å²) in [5, 5.41) is 0. The first-order chi connectivity index (χ1) is 14.6. The van der Waals surface area contributed by atoms with Crippen LogP contribution in [0.1, 0.15) is 18.2 Å². The quantitative estimate of drug-likeness (QED) is 0.525. The van der Waals surface area contributed by atoms with Gasteiger partial charge >= 0.3 is 178 Å². The van der Waals surface area contributed by atoms with Crippen LogP contribution in [-0.2, 0) is 10.9 Å². The molecular weight excluding hydrogens is 491 g/mol. The van der Waals surface area contributed by atoms with Gasteiger partial charge in [0, 0.05) is 0 Å². The Morgan fingerprint density at radius 2 is 1.60 bits per heavy atom. The van der Waals surface area contributed by atoms with Crippen molar-refractivity contribution in [2.24, 2.45) is 0 Å². The molecule has 2 aromatic carbocycles. The molecule has 0 radical (unpaired) electrons. The Balaban J connectivity index is 1.50. The number of aromatic amines is 1. The van der Waals surface area contributed by atoms with E-state index < -0.39 is 31.1 Å². The summed E-state index contributed by atoms with van der Waals surface area (Å²) in [6.45, 7) is 2.08. The van der Waals surface area contributed by atoms with Crippen molar-refractivity contribution in [1.82, 2.24) is 9.55 Å². The first-order valence-corrected chi connectivity index (χ1v) is 15.2. The van der Waals surface area contributed by atoms with Crippen molar-refractivity contribution in [3.8, 4) is 0 Å². The normalized spacial score (nSPS) is 25.0. The molecule has 3 heterocycles. The number of aromatic nitrogens is 2. The van der Waals surface area contributed by atoms with Crippen LogP contribution in [0.4, 0.5) is 0 Å². The molecule has 2 aliphatic rings. The van der Waals surface area contributed by atoms with Gasteiger partial charge < -0.3 is 0 Å². The van der Waals surface area contributed by atoms with E-state index in [2.05, 4.69) is 29.2 Å². The summed E-state index contributed by atoms with van der Waals surface area (Å²) in [7, 11) is 0. The second-order valence-electron chi connectivity index (χ2n) is 7.66. The van der Waals surface area contributed by atoms with E-state index in [1.54, 1.807) is 13.1 Å². The van der Waals surface area contributed by atoms with Crippen molar-refractivity contribution in [3.63, 3.8) is 0 Å². The Bertz CT molecular complexity index is 1120. The number of benzene rings is 2. The van der Waals surface area contributed by atoms with Gasteiger partial charge in [-0.25, -0.2) is 0 Å². The van der Waals surface area contributed by atoms with Gasteiger partial charge in [0.1, 0.15) is 0 Å². The molecule has 0 bridgehead atoms. The van der Waals surface area contributed by atoms with Crippen molar-refractivity contribution in [1.29, 1.82) is 0 Å². The third-order valence-corrected chi connectivity index (χ3v) is 15.4. The van der Waals surface area contributed by atoms with Crippen LogP contribution in [0.2, 0.25) is 0 Å². The number of ether oxygens (including phenoxy) is 1. The molecule has 3 unspecified atom stereocenters. The molecule has 154 valence electrons. The maximum absolute atomic E-state index is 12.3. The Morgan fingerprint density at radius 1 is 0.967 bits per heavy atom. The van der Waals surface area contributed by atoms with Crippen LogP contribution in [0.25, 0.3) is 0 Å². The van der Waals surface area contributed by atoms with E-state index in [4.69, 9.17) is 10.9 Å². The van der Waals surface area contributed by atoms with E-state index in [9.17, 15) is 9.59 Å². The zero-order valence-corrected chi connectivity index (χ0v) is 19.3. The summed E-state index contributed by atoms with van der Waals surface area (Å²) in [6, 6.07) is 20.3. The summed E-state index contributed by atoms with van der Waals surface area (Å²) in [5.41, 5.74) is -0.391. The van der Waals surface area contributed by atoms with Crippen LogP contribution >= 0.6 is 0 Å². The van der Waals surface area contributed by atoms with Gasteiger partial charge in [-0.3, -0.25) is 0 Å². The van der Waals surface area contributed by atoms with Gasteiger partial charge in [-0.15, -0.1) is 0 Å². The number of fused-ring (bicyclic) bond motifs is 1. The van der Waals surface area contributed by atoms with E-state index in [-0.39, 0.29) is 17.8 Å². The number of H-pyrrole nitrogens is 1. The number of nitrogens with zero attached hydrogens (tertiary/aromatic N) is 1. The molecule has 0 amide bonds. The van der Waals surface area contributed by atoms with E-state index in [1.165, 1.54) is 4.57 Å². The SMILES string of the molecule is Cc1cn(C2CC3[O][Sn]([c]4ccccc4)([c]4ccccc4)[O]CC3O2)c(=O)[nH]c1=O. The maximum atomic E-state index is 12.3. The standard InChI is InChI=1S/C10H12N2O5.2C6H5.Sn/c1-5-3-12(10(16)11-9(5)15)8-2-6(14)7(4-13)17-8;2*1-2-4-6-5-3-1;/h3,6-8H,2,4H2,1H3,(H,11,15,16);2*1-5H;/q-2;;;+2. The molecular formula is C22H22N2O5Sn. The molecule has 30 heavy (non-hydrogen) atoms. The van der Waals surface area contributed by atoms with Gasteiger partial charge in [0.2, 0.25) is 0 Å². The number of rotatable bonds is 3. The average Bonchev–Trinajstić information content (AvgIpc) is 3.20. The third-order valence-electron chi connectivity index (χ3n) is 5.71. The van der Waals surface area contributed by atoms with Gasteiger partial charge in [-0.2, -0.15) is 0 Å². The fourth-order valence-corrected chi connectivity index (χ4v) is 13.7. The molecule has 0 spiro atoms. The summed E-state index contributed by atoms with van der Waals surface area (Å²) in [5.74, 6) is 0. The zero-order valence-electron chi connectivity index (χ0n) is 16.5. The fraction of sp³-hybridized carbons (Fsp3) is 0.273. The molecule has 2 fully saturated rings. The molecule has 3 atom stereocenters. The molecule has 1 N–H and O–H groups in total. The predicted octanol–water partition coefficient (Wildman–Crippen LogP) is 0.805. The number of hydrogen-bond donors (Lipinski definition) is 1. The first kappa shape index (κ1) is 19.7. The summed E-state index contributed by atoms with van der Waals surface area (Å²) in [4.78, 5) is 26.4. The number of hydrogen-bond acceptors (Lipinski definition) is 5. The minimum atomic E-state index is -3.86. The van der Waals surface area contributed by atoms with Crippen LogP contribution in [0, 0.1) is 6.92 Å². The van der Waals surface area contributed by atoms with Crippen LogP contribution in [0.3, 0.4) is 0 Å². The first-order valence-electron chi connectivity index (χ1n) is 9.97. The molecule has 1 aromatic heterocycles. The van der Waals surface area contributed by atoms with Crippen molar-refractivity contribution < 1.29 is 10.9 Å². The Labute approximate surface area is 178 Å². The minimum absolute atomic E-state index is 0.181. The summed E-state index contributed by atoms with van der Waals surface area (Å²) in [6.07, 6.45) is 1.14. The molecule has 7 nitrogen and oxygen atoms in total. The second kappa shape index (κ2) is 7.81. The molecule has 2 saturated heterocycles. The van der Waals surface area contributed by atoms with Crippen LogP contribution < -0.4 is 18.4 Å². The van der Waals surface area contributed by atoms with Gasteiger partial charge in [-0.1, -0.05) is 0 Å². The van der Waals surface area contributed by atoms with Crippen LogP contribution in [0.5, 0.6) is 0 Å². The van der Waals surface area contributed by atoms with Crippen molar-refractivity contribution >= 4 is 26.4 Å². The van der Waals surface area contributed by atoms with Crippen molar-refractivity contribution in [3.05, 3.63) is 93.3 Å². The second-order valence-corrected chi connectivity index (χ2v) is 16.0. The van der Waals surface area contributed by atoms with E-state index in [1.807, 2.05) is 36.4 Å². The zero-order chi connectivity index (χ0) is 20.7. The predicted molar refractivity (Wildman–Crippen MR) is 113 cm³/mol. The van der Waals surface area contributed by atoms with Gasteiger partial charge in [-0.05, 0) is 0 Å². The van der Waals surface area contributed by atoms with Gasteiger partial charge in [0.15, 0.2) is 0 Å². The van der Waals surface area contributed by atoms with Crippen LogP contribution in [0.15, 0.2) is 76.4 Å². The van der Waals surface area contributed by atoms with Gasteiger partial charge in [0.05, 0.1) is 0 Å². The molecule has 3 aromatic rings. The Morgan fingerprint density at radius 3 is 2.23 bits per heavy atom. The molecule has 2 aliphatic heterocycles. The topological polar surface area (TPSA) is 82.6 Å². The third kappa shape index (κ3) is 3.35. The van der Waals surface area contributed by atoms with Crippen LogP contribution in [-0.4, -0.2) is 47.6 Å². The van der Waals surface area contributed by atoms with Gasteiger partial charge in [0.25, 0.3) is 0 Å². The van der Waals surface area contributed by atoms with E-state index in [0.29, 0.717) is 18.6 Å². The molecule has 0 aliphatic carbocycles. The summed E-state index contributed by atoms with van der Waals surface area (Å²) < 4.78 is 23.1. The molecule has 5 rings (SSSR count). The molecule has 0 saturated carbocycles. The fourth-order valence-electron chi connectivity index (χ4n) is 4.18. The number of nitrogens with one attached hydrogen (secondary N) is 1. The Kier molecular flexibility index (Phi) is 5.14. The summed E-state index contributed by atoms with van der Waals surface area (Å²) >= 11 is -3.86. The average molecular weight is 513 g/mol. The van der Waals surface area contributed by atoms with Crippen molar-refractivity contribution in [2.45, 2.75) is 31.8 Å². The Hall–Kier alpha value is -2.20. The monoisotopic (exact) mass is 514 g/mol. The van der Waals surface area contributed by atoms with E-state index >= 15 is 0 Å². The number of aryl methyl sites for hydroxylation is 1. The van der Waals surface area contributed by atoms with E-state index in [0.717, 1.165) is 7.16 Å². The molecule has 8 heteroatoms. The van der Waals surface area contributed by atoms with Crippen molar-refractivity contribution in [2.75, 3.05) is 6.61 Å².